The number of anilines is 1. The Kier molecular flexibility index (Phi) is 7.63. The number of pyridine rings is 1. The summed E-state index contributed by atoms with van der Waals surface area (Å²) in [6, 6.07) is 11.9. The summed E-state index contributed by atoms with van der Waals surface area (Å²) in [5, 5.41) is 3.29. The Morgan fingerprint density at radius 2 is 1.61 bits per heavy atom. The number of carbonyl (C=O) groups is 1. The van der Waals surface area contributed by atoms with E-state index in [0.717, 1.165) is 30.0 Å². The number of halogens is 3. The van der Waals surface area contributed by atoms with Crippen LogP contribution in [-0.2, 0) is 21.1 Å². The van der Waals surface area contributed by atoms with E-state index in [2.05, 4.69) is 10.3 Å². The van der Waals surface area contributed by atoms with Crippen LogP contribution in [0.4, 0.5) is 19.0 Å². The molecule has 10 heteroatoms. The number of aromatic nitrogens is 1. The van der Waals surface area contributed by atoms with Crippen molar-refractivity contribution in [1.29, 1.82) is 0 Å². The quantitative estimate of drug-likeness (QED) is 0.468. The van der Waals surface area contributed by atoms with Crippen molar-refractivity contribution in [3.8, 4) is 11.1 Å². The zero-order chi connectivity index (χ0) is 25.9. The van der Waals surface area contributed by atoms with Gasteiger partial charge in [-0.05, 0) is 60.7 Å². The summed E-state index contributed by atoms with van der Waals surface area (Å²) in [5.74, 6) is -2.84. The van der Waals surface area contributed by atoms with Gasteiger partial charge in [-0.2, -0.15) is 0 Å². The maximum absolute atomic E-state index is 13.9. The van der Waals surface area contributed by atoms with Crippen LogP contribution in [-0.4, -0.2) is 50.1 Å². The molecule has 36 heavy (non-hydrogen) atoms. The molecule has 1 fully saturated rings. The highest BCUT2D eigenvalue weighted by Crippen LogP contribution is 2.24. The van der Waals surface area contributed by atoms with E-state index < -0.39 is 45.2 Å². The minimum absolute atomic E-state index is 0.263. The number of hydrogen-bond donors (Lipinski definition) is 1. The van der Waals surface area contributed by atoms with Gasteiger partial charge in [0.1, 0.15) is 11.6 Å². The van der Waals surface area contributed by atoms with Crippen LogP contribution in [0.2, 0.25) is 0 Å². The van der Waals surface area contributed by atoms with Gasteiger partial charge in [-0.1, -0.05) is 12.1 Å². The number of piperidine rings is 1. The van der Waals surface area contributed by atoms with Crippen LogP contribution in [0, 0.1) is 23.4 Å². The third-order valence-electron chi connectivity index (χ3n) is 6.39. The largest absolute Gasteiger partial charge is 0.370 e. The highest BCUT2D eigenvalue weighted by atomic mass is 32.2. The van der Waals surface area contributed by atoms with Crippen molar-refractivity contribution in [1.82, 2.24) is 9.88 Å². The molecule has 1 N–H and O–H groups in total. The van der Waals surface area contributed by atoms with Gasteiger partial charge in [0.15, 0.2) is 21.5 Å². The van der Waals surface area contributed by atoms with E-state index in [-0.39, 0.29) is 4.90 Å². The van der Waals surface area contributed by atoms with Crippen molar-refractivity contribution < 1.29 is 26.4 Å². The Morgan fingerprint density at radius 3 is 2.22 bits per heavy atom. The van der Waals surface area contributed by atoms with Gasteiger partial charge in [-0.3, -0.25) is 4.79 Å². The van der Waals surface area contributed by atoms with Crippen LogP contribution in [0.3, 0.4) is 0 Å². The van der Waals surface area contributed by atoms with Gasteiger partial charge in [0.05, 0.1) is 11.3 Å². The Hall–Kier alpha value is -3.40. The molecule has 1 aliphatic heterocycles. The second-order valence-electron chi connectivity index (χ2n) is 8.93. The maximum atomic E-state index is 13.9. The normalized spacial score (nSPS) is 14.6. The summed E-state index contributed by atoms with van der Waals surface area (Å²) in [7, 11) is -3.25. The molecule has 3 aromatic rings. The number of sulfone groups is 1. The fourth-order valence-electron chi connectivity index (χ4n) is 4.19. The summed E-state index contributed by atoms with van der Waals surface area (Å²) >= 11 is 0. The van der Waals surface area contributed by atoms with Crippen molar-refractivity contribution in [3.63, 3.8) is 0 Å². The van der Waals surface area contributed by atoms with Crippen LogP contribution in [0.1, 0.15) is 18.4 Å². The van der Waals surface area contributed by atoms with Gasteiger partial charge >= 0.3 is 0 Å². The molecule has 6 nitrogen and oxygen atoms in total. The first-order valence-corrected chi connectivity index (χ1v) is 13.4. The number of carbonyl (C=O) groups excluding carboxylic acids is 1. The molecule has 0 saturated carbocycles. The van der Waals surface area contributed by atoms with Gasteiger partial charge < -0.3 is 10.2 Å². The van der Waals surface area contributed by atoms with E-state index in [1.165, 1.54) is 6.26 Å². The molecule has 0 spiro atoms. The lowest BCUT2D eigenvalue weighted by atomic mass is 9.96. The zero-order valence-electron chi connectivity index (χ0n) is 19.7. The number of nitrogens with zero attached hydrogens (tertiary/aromatic N) is 2. The third-order valence-corrected chi connectivity index (χ3v) is 7.51. The first-order valence-electron chi connectivity index (χ1n) is 11.5. The molecule has 1 saturated heterocycles. The minimum Gasteiger partial charge on any atom is -0.370 e. The predicted octanol–water partition coefficient (Wildman–Crippen LogP) is 4.46. The number of hydrogen-bond acceptors (Lipinski definition) is 5. The molecule has 0 unspecified atom stereocenters. The Balaban J connectivity index is 1.26. The molecule has 2 heterocycles. The van der Waals surface area contributed by atoms with Crippen LogP contribution in [0.15, 0.2) is 59.6 Å². The molecule has 190 valence electrons. The summed E-state index contributed by atoms with van der Waals surface area (Å²) in [6.07, 6.45) is 3.81. The lowest BCUT2D eigenvalue weighted by Gasteiger charge is -2.32. The molecule has 2 aromatic carbocycles. The molecular weight excluding hydrogens is 491 g/mol. The van der Waals surface area contributed by atoms with Crippen LogP contribution in [0.5, 0.6) is 0 Å². The summed E-state index contributed by atoms with van der Waals surface area (Å²) in [4.78, 5) is 18.7. The van der Waals surface area contributed by atoms with Crippen LogP contribution >= 0.6 is 0 Å². The summed E-state index contributed by atoms with van der Waals surface area (Å²) in [6.45, 7) is 1.57. The van der Waals surface area contributed by atoms with Crippen molar-refractivity contribution in [2.75, 3.05) is 31.2 Å². The number of rotatable bonds is 7. The van der Waals surface area contributed by atoms with Crippen LogP contribution in [0.25, 0.3) is 11.1 Å². The molecule has 0 atom stereocenters. The second kappa shape index (κ2) is 10.7. The smallest absolute Gasteiger partial charge is 0.227 e. The SMILES string of the molecule is CS(=O)(=O)c1ccc(-c2ccc(NCC3CCN(C(=O)Cc4c(F)ccc(F)c4F)CC3)nc2)cc1. The molecule has 1 aliphatic rings. The number of benzene rings is 2. The van der Waals surface area contributed by atoms with E-state index in [1.807, 2.05) is 12.1 Å². The standard InChI is InChI=1S/C26H26F3N3O3S/c1-36(34,35)20-5-2-18(3-6-20)19-4-9-24(31-16-19)30-15-17-10-12-32(13-11-17)25(33)14-21-22(27)7-8-23(28)26(21)29/h2-9,16-17H,10-15H2,1H3,(H,30,31). The summed E-state index contributed by atoms with van der Waals surface area (Å²) < 4.78 is 64.3. The first-order chi connectivity index (χ1) is 17.1. The fraction of sp³-hybridized carbons (Fsp3) is 0.308. The van der Waals surface area contributed by atoms with Gasteiger partial charge in [0.2, 0.25) is 5.91 Å². The van der Waals surface area contributed by atoms with Gasteiger partial charge in [-0.15, -0.1) is 0 Å². The zero-order valence-corrected chi connectivity index (χ0v) is 20.5. The lowest BCUT2D eigenvalue weighted by Crippen LogP contribution is -2.40. The fourth-order valence-corrected chi connectivity index (χ4v) is 4.82. The lowest BCUT2D eigenvalue weighted by molar-refractivity contribution is -0.131. The Morgan fingerprint density at radius 1 is 0.972 bits per heavy atom. The van der Waals surface area contributed by atoms with Crippen molar-refractivity contribution >= 4 is 21.6 Å². The molecule has 0 bridgehead atoms. The molecule has 1 aromatic heterocycles. The average Bonchev–Trinajstić information content (AvgIpc) is 2.88. The van der Waals surface area contributed by atoms with E-state index in [9.17, 15) is 26.4 Å². The monoisotopic (exact) mass is 517 g/mol. The van der Waals surface area contributed by atoms with Gasteiger partial charge in [0, 0.05) is 43.2 Å². The minimum atomic E-state index is -3.25. The molecule has 4 rings (SSSR count). The predicted molar refractivity (Wildman–Crippen MR) is 131 cm³/mol. The first kappa shape index (κ1) is 25.7. The molecular formula is C26H26F3N3O3S. The molecule has 0 radical (unpaired) electrons. The average molecular weight is 518 g/mol. The van der Waals surface area contributed by atoms with E-state index >= 15 is 0 Å². The van der Waals surface area contributed by atoms with E-state index in [1.54, 1.807) is 35.4 Å². The Labute approximate surface area is 208 Å². The van der Waals surface area contributed by atoms with Crippen LogP contribution < -0.4 is 5.32 Å². The molecule has 1 amide bonds. The second-order valence-corrected chi connectivity index (χ2v) is 10.9. The van der Waals surface area contributed by atoms with Crippen molar-refractivity contribution in [3.05, 3.63) is 77.7 Å². The Bertz CT molecular complexity index is 1340. The van der Waals surface area contributed by atoms with Crippen molar-refractivity contribution in [2.24, 2.45) is 5.92 Å². The number of nitrogens with one attached hydrogen (secondary N) is 1. The molecule has 0 aliphatic carbocycles. The number of amides is 1. The third kappa shape index (κ3) is 6.04. The van der Waals surface area contributed by atoms with Gasteiger partial charge in [-0.25, -0.2) is 26.6 Å². The highest BCUT2D eigenvalue weighted by Gasteiger charge is 2.25. The topological polar surface area (TPSA) is 79.4 Å². The van der Waals surface area contributed by atoms with E-state index in [4.69, 9.17) is 0 Å². The number of likely N-dealkylation sites (tertiary alicyclic amines) is 1. The van der Waals surface area contributed by atoms with Gasteiger partial charge in [0.25, 0.3) is 0 Å². The van der Waals surface area contributed by atoms with Crippen molar-refractivity contribution in [2.45, 2.75) is 24.2 Å². The summed E-state index contributed by atoms with van der Waals surface area (Å²) in [5.41, 5.74) is 1.18. The van der Waals surface area contributed by atoms with E-state index in [0.29, 0.717) is 37.4 Å². The maximum Gasteiger partial charge on any atom is 0.227 e. The highest BCUT2D eigenvalue weighted by molar-refractivity contribution is 7.90.